The first-order chi connectivity index (χ1) is 14.2. The molecule has 156 valence electrons. The molecule has 0 spiro atoms. The average Bonchev–Trinajstić information content (AvgIpc) is 3.40. The first kappa shape index (κ1) is 20.3. The molecular weight excluding hydrogens is 415 g/mol. The van der Waals surface area contributed by atoms with Crippen molar-refractivity contribution in [3.63, 3.8) is 0 Å². The van der Waals surface area contributed by atoms with Gasteiger partial charge in [0.25, 0.3) is 5.91 Å². The molecule has 1 aromatic carbocycles. The average molecular weight is 433 g/mol. The molecule has 0 radical (unpaired) electrons. The molecule has 1 fully saturated rings. The monoisotopic (exact) mass is 433 g/mol. The number of aryl methyl sites for hydroxylation is 1. The van der Waals surface area contributed by atoms with E-state index in [1.54, 1.807) is 11.8 Å². The van der Waals surface area contributed by atoms with Crippen LogP contribution in [0.5, 0.6) is 0 Å². The number of carbonyl (C=O) groups is 1. The van der Waals surface area contributed by atoms with Crippen molar-refractivity contribution < 1.29 is 18.0 Å². The molecule has 0 atom stereocenters. The third-order valence-electron chi connectivity index (χ3n) is 4.88. The van der Waals surface area contributed by atoms with Crippen LogP contribution in [0.4, 0.5) is 13.2 Å². The van der Waals surface area contributed by atoms with E-state index in [0.717, 1.165) is 29.9 Å². The number of thiophene rings is 1. The fourth-order valence-corrected chi connectivity index (χ4v) is 3.93. The molecule has 4 rings (SSSR count). The Morgan fingerprint density at radius 2 is 2.00 bits per heavy atom. The van der Waals surface area contributed by atoms with Crippen molar-refractivity contribution in [1.29, 1.82) is 0 Å². The minimum atomic E-state index is -4.51. The van der Waals surface area contributed by atoms with Gasteiger partial charge in [-0.25, -0.2) is 4.68 Å². The highest BCUT2D eigenvalue weighted by molar-refractivity contribution is 7.09. The molecule has 3 aromatic rings. The molecule has 2 heterocycles. The van der Waals surface area contributed by atoms with Crippen LogP contribution in [0.2, 0.25) is 0 Å². The van der Waals surface area contributed by atoms with Crippen molar-refractivity contribution >= 4 is 17.2 Å². The maximum Gasteiger partial charge on any atom is 0.416 e. The van der Waals surface area contributed by atoms with Crippen molar-refractivity contribution in [2.24, 2.45) is 0 Å². The second-order valence-electron chi connectivity index (χ2n) is 7.20. The lowest BCUT2D eigenvalue weighted by molar-refractivity contribution is -0.137. The summed E-state index contributed by atoms with van der Waals surface area (Å²) in [7, 11) is 0. The number of nitrogens with zero attached hydrogens (tertiary/aromatic N) is 3. The van der Waals surface area contributed by atoms with Crippen LogP contribution in [0, 0.1) is 6.92 Å². The number of carbonyl (C=O) groups excluding carboxylic acids is 1. The molecule has 0 unspecified atom stereocenters. The van der Waals surface area contributed by atoms with Crippen molar-refractivity contribution in [1.82, 2.24) is 14.7 Å². The lowest BCUT2D eigenvalue weighted by atomic mass is 10.2. The summed E-state index contributed by atoms with van der Waals surface area (Å²) in [5.74, 6) is -0.503. The number of alkyl halides is 3. The van der Waals surface area contributed by atoms with Crippen LogP contribution in [-0.4, -0.2) is 26.6 Å². The van der Waals surface area contributed by atoms with Gasteiger partial charge >= 0.3 is 6.18 Å². The van der Waals surface area contributed by atoms with Crippen LogP contribution in [-0.2, 0) is 12.7 Å². The lowest BCUT2D eigenvalue weighted by Crippen LogP contribution is -2.37. The van der Waals surface area contributed by atoms with Crippen LogP contribution in [0.15, 0.2) is 52.6 Å². The van der Waals surface area contributed by atoms with Gasteiger partial charge in [-0.05, 0) is 49.4 Å². The molecule has 0 bridgehead atoms. The molecule has 30 heavy (non-hydrogen) atoms. The Hall–Kier alpha value is -2.94. The quantitative estimate of drug-likeness (QED) is 0.598. The topological polar surface area (TPSA) is 55.2 Å². The second-order valence-corrected chi connectivity index (χ2v) is 8.23. The van der Waals surface area contributed by atoms with Gasteiger partial charge in [-0.3, -0.25) is 9.59 Å². The number of hydrogen-bond donors (Lipinski definition) is 0. The minimum Gasteiger partial charge on any atom is -0.329 e. The summed E-state index contributed by atoms with van der Waals surface area (Å²) in [5, 5.41) is 6.09. The zero-order valence-electron chi connectivity index (χ0n) is 16.0. The van der Waals surface area contributed by atoms with E-state index < -0.39 is 23.1 Å². The Kier molecular flexibility index (Phi) is 5.23. The predicted molar refractivity (Wildman–Crippen MR) is 107 cm³/mol. The fourth-order valence-electron chi connectivity index (χ4n) is 3.23. The van der Waals surface area contributed by atoms with Crippen LogP contribution in [0.1, 0.15) is 39.5 Å². The van der Waals surface area contributed by atoms with Gasteiger partial charge in [0.2, 0.25) is 5.43 Å². The molecule has 9 heteroatoms. The molecule has 0 N–H and O–H groups in total. The Bertz CT molecular complexity index is 1140. The Morgan fingerprint density at radius 3 is 2.63 bits per heavy atom. The summed E-state index contributed by atoms with van der Waals surface area (Å²) in [4.78, 5) is 28.3. The largest absolute Gasteiger partial charge is 0.416 e. The van der Waals surface area contributed by atoms with E-state index in [-0.39, 0.29) is 17.4 Å². The van der Waals surface area contributed by atoms with E-state index in [9.17, 15) is 22.8 Å². The summed E-state index contributed by atoms with van der Waals surface area (Å²) in [5.41, 5.74) is -1.19. The Morgan fingerprint density at radius 1 is 1.23 bits per heavy atom. The molecule has 1 saturated carbocycles. The maximum absolute atomic E-state index is 13.2. The van der Waals surface area contributed by atoms with E-state index in [2.05, 4.69) is 5.10 Å². The highest BCUT2D eigenvalue weighted by Crippen LogP contribution is 2.31. The molecule has 5 nitrogen and oxygen atoms in total. The van der Waals surface area contributed by atoms with Gasteiger partial charge in [-0.15, -0.1) is 11.3 Å². The number of benzene rings is 1. The van der Waals surface area contributed by atoms with Gasteiger partial charge in [0.1, 0.15) is 0 Å². The van der Waals surface area contributed by atoms with E-state index in [1.165, 1.54) is 34.2 Å². The second kappa shape index (κ2) is 7.71. The van der Waals surface area contributed by atoms with Crippen molar-refractivity contribution in [2.75, 3.05) is 0 Å². The van der Waals surface area contributed by atoms with Crippen molar-refractivity contribution in [3.8, 4) is 5.69 Å². The standard InChI is InChI=1S/C21H18F3N3O2S/c1-13-10-18(28)19(20(29)26(15-7-8-15)12-17-6-3-9-30-17)25-27(13)16-5-2-4-14(11-16)21(22,23)24/h2-6,9-11,15H,7-8,12H2,1H3. The summed E-state index contributed by atoms with van der Waals surface area (Å²) >= 11 is 1.52. The molecule has 0 saturated heterocycles. The van der Waals surface area contributed by atoms with Gasteiger partial charge < -0.3 is 4.90 Å². The highest BCUT2D eigenvalue weighted by atomic mass is 32.1. The van der Waals surface area contributed by atoms with E-state index in [1.807, 2.05) is 17.5 Å². The Labute approximate surface area is 174 Å². The van der Waals surface area contributed by atoms with Crippen LogP contribution >= 0.6 is 11.3 Å². The predicted octanol–water partition coefficient (Wildman–Crippen LogP) is 4.43. The molecule has 1 amide bonds. The van der Waals surface area contributed by atoms with Crippen LogP contribution < -0.4 is 5.43 Å². The van der Waals surface area contributed by atoms with Gasteiger partial charge in [0.05, 0.1) is 17.8 Å². The minimum absolute atomic E-state index is 0.0455. The van der Waals surface area contributed by atoms with Gasteiger partial charge in [-0.1, -0.05) is 12.1 Å². The SMILES string of the molecule is Cc1cc(=O)c(C(=O)N(Cc2cccs2)C2CC2)nn1-c1cccc(C(F)(F)F)c1. The zero-order valence-corrected chi connectivity index (χ0v) is 16.8. The molecule has 1 aliphatic rings. The van der Waals surface area contributed by atoms with Crippen LogP contribution in [0.25, 0.3) is 5.69 Å². The molecular formula is C21H18F3N3O2S. The maximum atomic E-state index is 13.2. The summed E-state index contributed by atoms with van der Waals surface area (Å²) in [6, 6.07) is 9.72. The number of amides is 1. The Balaban J connectivity index is 1.73. The first-order valence-corrected chi connectivity index (χ1v) is 10.2. The normalized spacial score (nSPS) is 14.0. The lowest BCUT2D eigenvalue weighted by Gasteiger charge is -2.22. The summed E-state index contributed by atoms with van der Waals surface area (Å²) < 4.78 is 40.5. The molecule has 0 aliphatic heterocycles. The van der Waals surface area contributed by atoms with Gasteiger partial charge in [-0.2, -0.15) is 18.3 Å². The number of aromatic nitrogens is 2. The highest BCUT2D eigenvalue weighted by Gasteiger charge is 2.35. The van der Waals surface area contributed by atoms with E-state index in [4.69, 9.17) is 0 Å². The van der Waals surface area contributed by atoms with Gasteiger partial charge in [0, 0.05) is 22.7 Å². The first-order valence-electron chi connectivity index (χ1n) is 9.36. The molecule has 1 aliphatic carbocycles. The van der Waals surface area contributed by atoms with Crippen molar-refractivity contribution in [3.05, 3.63) is 79.9 Å². The number of rotatable bonds is 5. The number of hydrogen-bond acceptors (Lipinski definition) is 4. The van der Waals surface area contributed by atoms with E-state index in [0.29, 0.717) is 12.2 Å². The summed E-state index contributed by atoms with van der Waals surface area (Å²) in [6.07, 6.45) is -2.80. The van der Waals surface area contributed by atoms with Gasteiger partial charge in [0.15, 0.2) is 5.69 Å². The van der Waals surface area contributed by atoms with Crippen molar-refractivity contribution in [2.45, 2.75) is 38.5 Å². The fraction of sp³-hybridized carbons (Fsp3) is 0.286. The zero-order chi connectivity index (χ0) is 21.5. The third-order valence-corrected chi connectivity index (χ3v) is 5.74. The number of halogens is 3. The third kappa shape index (κ3) is 4.16. The van der Waals surface area contributed by atoms with E-state index >= 15 is 0 Å². The summed E-state index contributed by atoms with van der Waals surface area (Å²) in [6.45, 7) is 1.94. The van der Waals surface area contributed by atoms with Crippen LogP contribution in [0.3, 0.4) is 0 Å². The smallest absolute Gasteiger partial charge is 0.329 e. The molecule has 2 aromatic heterocycles.